The number of thiophene rings is 1. The van der Waals surface area contributed by atoms with E-state index >= 15 is 0 Å². The molecule has 0 saturated carbocycles. The third-order valence-corrected chi connectivity index (χ3v) is 4.28. The molecule has 1 N–H and O–H groups in total. The Kier molecular flexibility index (Phi) is 3.45. The molecule has 1 aromatic heterocycles. The molecule has 0 aromatic carbocycles. The van der Waals surface area contributed by atoms with Crippen LogP contribution in [0.4, 0.5) is 4.79 Å². The average molecular weight is 294 g/mol. The first-order valence-corrected chi connectivity index (χ1v) is 7.11. The second-order valence-corrected chi connectivity index (χ2v) is 5.46. The smallest absolute Gasteiger partial charge is 0.338 e. The Labute approximate surface area is 120 Å². The Hall–Kier alpha value is -1.86. The number of hydrogen-bond donors (Lipinski definition) is 1. The van der Waals surface area contributed by atoms with Gasteiger partial charge in [0.05, 0.1) is 30.5 Å². The summed E-state index contributed by atoms with van der Waals surface area (Å²) < 4.78 is 10.1. The van der Waals surface area contributed by atoms with Crippen LogP contribution >= 0.6 is 11.3 Å². The second-order valence-electron chi connectivity index (χ2n) is 4.48. The predicted octanol–water partition coefficient (Wildman–Crippen LogP) is 1.27. The van der Waals surface area contributed by atoms with Crippen LogP contribution in [0.1, 0.15) is 10.9 Å². The summed E-state index contributed by atoms with van der Waals surface area (Å²) in [6, 6.07) is 3.16. The highest BCUT2D eigenvalue weighted by Crippen LogP contribution is 2.36. The molecule has 0 saturated heterocycles. The maximum atomic E-state index is 12.2. The largest absolute Gasteiger partial charge is 0.456 e. The number of ether oxygens (including phenoxy) is 2. The third kappa shape index (κ3) is 2.08. The van der Waals surface area contributed by atoms with Crippen LogP contribution < -0.4 is 5.32 Å². The van der Waals surface area contributed by atoms with Crippen molar-refractivity contribution in [1.29, 1.82) is 0 Å². The third-order valence-electron chi connectivity index (χ3n) is 3.34. The summed E-state index contributed by atoms with van der Waals surface area (Å²) in [6.07, 6.45) is 0. The van der Waals surface area contributed by atoms with Crippen LogP contribution in [-0.4, -0.2) is 43.8 Å². The number of nitrogens with one attached hydrogen (secondary N) is 1. The van der Waals surface area contributed by atoms with Gasteiger partial charge in [0.2, 0.25) is 0 Å². The van der Waals surface area contributed by atoms with Gasteiger partial charge in [-0.15, -0.1) is 11.3 Å². The Morgan fingerprint density at radius 2 is 2.40 bits per heavy atom. The van der Waals surface area contributed by atoms with Gasteiger partial charge in [-0.3, -0.25) is 4.90 Å². The lowest BCUT2D eigenvalue weighted by molar-refractivity contribution is -0.136. The minimum atomic E-state index is -0.411. The fraction of sp³-hybridized carbons (Fsp3) is 0.385. The van der Waals surface area contributed by atoms with Gasteiger partial charge in [0.25, 0.3) is 0 Å². The Morgan fingerprint density at radius 1 is 1.55 bits per heavy atom. The van der Waals surface area contributed by atoms with Crippen molar-refractivity contribution in [2.75, 3.05) is 26.9 Å². The number of urea groups is 1. The molecule has 0 unspecified atom stereocenters. The number of amides is 2. The van der Waals surface area contributed by atoms with Crippen LogP contribution in [0, 0.1) is 0 Å². The highest BCUT2D eigenvalue weighted by molar-refractivity contribution is 7.10. The fourth-order valence-corrected chi connectivity index (χ4v) is 3.18. The highest BCUT2D eigenvalue weighted by Gasteiger charge is 2.42. The molecule has 0 bridgehead atoms. The number of carbonyl (C=O) groups is 2. The van der Waals surface area contributed by atoms with E-state index in [1.165, 1.54) is 16.2 Å². The van der Waals surface area contributed by atoms with E-state index in [2.05, 4.69) is 5.32 Å². The van der Waals surface area contributed by atoms with Gasteiger partial charge in [-0.1, -0.05) is 6.07 Å². The summed E-state index contributed by atoms with van der Waals surface area (Å²) in [5.41, 5.74) is 1.18. The molecule has 106 valence electrons. The van der Waals surface area contributed by atoms with Gasteiger partial charge < -0.3 is 14.8 Å². The van der Waals surface area contributed by atoms with Crippen LogP contribution in [0.3, 0.4) is 0 Å². The molecule has 3 rings (SSSR count). The van der Waals surface area contributed by atoms with Crippen LogP contribution in [0.15, 0.2) is 28.8 Å². The molecular formula is C13H14N2O4S. The number of esters is 1. The lowest BCUT2D eigenvalue weighted by Crippen LogP contribution is -2.48. The normalized spacial score (nSPS) is 21.9. The van der Waals surface area contributed by atoms with Gasteiger partial charge in [0.1, 0.15) is 6.61 Å². The van der Waals surface area contributed by atoms with E-state index in [-0.39, 0.29) is 18.6 Å². The summed E-state index contributed by atoms with van der Waals surface area (Å²) >= 11 is 1.50. The molecule has 2 aliphatic rings. The first kappa shape index (κ1) is 13.1. The number of nitrogens with zero attached hydrogens (tertiary/aromatic N) is 1. The van der Waals surface area contributed by atoms with Gasteiger partial charge in [-0.25, -0.2) is 9.59 Å². The molecule has 0 fully saturated rings. The van der Waals surface area contributed by atoms with E-state index in [9.17, 15) is 9.59 Å². The van der Waals surface area contributed by atoms with Crippen LogP contribution in [0.5, 0.6) is 0 Å². The first-order chi connectivity index (χ1) is 9.72. The van der Waals surface area contributed by atoms with Gasteiger partial charge in [-0.2, -0.15) is 0 Å². The standard InChI is InChI=1S/C13H14N2O4S/c1-18-5-4-15-8-7-19-12(16)10(8)11(14-13(15)17)9-3-2-6-20-9/h2-3,6,11H,4-5,7H2,1H3,(H,14,17)/t11-/m0/s1. The van der Waals surface area contributed by atoms with Crippen molar-refractivity contribution in [3.8, 4) is 0 Å². The molecule has 1 aromatic rings. The topological polar surface area (TPSA) is 67.9 Å². The van der Waals surface area contributed by atoms with Crippen molar-refractivity contribution in [2.45, 2.75) is 6.04 Å². The Morgan fingerprint density at radius 3 is 3.10 bits per heavy atom. The van der Waals surface area contributed by atoms with E-state index in [1.807, 2.05) is 17.5 Å². The SMILES string of the molecule is COCCN1C(=O)N[C@@H](c2cccs2)C2=C1COC2=O. The van der Waals surface area contributed by atoms with Crippen molar-refractivity contribution in [2.24, 2.45) is 0 Å². The molecule has 2 aliphatic heterocycles. The van der Waals surface area contributed by atoms with Crippen molar-refractivity contribution >= 4 is 23.3 Å². The summed E-state index contributed by atoms with van der Waals surface area (Å²) in [4.78, 5) is 26.6. The molecule has 1 atom stereocenters. The molecule has 3 heterocycles. The van der Waals surface area contributed by atoms with Gasteiger partial charge in [0, 0.05) is 12.0 Å². The van der Waals surface area contributed by atoms with Crippen molar-refractivity contribution in [1.82, 2.24) is 10.2 Å². The maximum Gasteiger partial charge on any atom is 0.338 e. The van der Waals surface area contributed by atoms with E-state index in [1.54, 1.807) is 7.11 Å². The summed E-state index contributed by atoms with van der Waals surface area (Å²) in [6.45, 7) is 0.949. The number of cyclic esters (lactones) is 1. The van der Waals surface area contributed by atoms with Crippen molar-refractivity contribution < 1.29 is 19.1 Å². The zero-order valence-electron chi connectivity index (χ0n) is 10.9. The molecule has 7 heteroatoms. The highest BCUT2D eigenvalue weighted by atomic mass is 32.1. The Bertz CT molecular complexity index is 567. The zero-order chi connectivity index (χ0) is 14.1. The van der Waals surface area contributed by atoms with Gasteiger partial charge in [-0.05, 0) is 11.4 Å². The maximum absolute atomic E-state index is 12.2. The number of hydrogen-bond acceptors (Lipinski definition) is 5. The first-order valence-electron chi connectivity index (χ1n) is 6.23. The number of rotatable bonds is 4. The minimum absolute atomic E-state index is 0.146. The number of carbonyl (C=O) groups excluding carboxylic acids is 2. The molecule has 20 heavy (non-hydrogen) atoms. The summed E-state index contributed by atoms with van der Waals surface area (Å²) in [5, 5.41) is 4.78. The lowest BCUT2D eigenvalue weighted by Gasteiger charge is -2.32. The van der Waals surface area contributed by atoms with E-state index in [0.717, 1.165) is 4.88 Å². The average Bonchev–Trinajstić information content (AvgIpc) is 3.07. The summed E-state index contributed by atoms with van der Waals surface area (Å²) in [7, 11) is 1.57. The molecule has 0 aliphatic carbocycles. The van der Waals surface area contributed by atoms with Crippen LogP contribution in [0.25, 0.3) is 0 Å². The fourth-order valence-electron chi connectivity index (χ4n) is 2.40. The Balaban J connectivity index is 1.98. The van der Waals surface area contributed by atoms with Crippen molar-refractivity contribution in [3.05, 3.63) is 33.7 Å². The molecule has 6 nitrogen and oxygen atoms in total. The second kappa shape index (κ2) is 5.26. The van der Waals surface area contributed by atoms with Crippen LogP contribution in [0.2, 0.25) is 0 Å². The van der Waals surface area contributed by atoms with E-state index in [0.29, 0.717) is 24.4 Å². The monoisotopic (exact) mass is 294 g/mol. The molecule has 0 radical (unpaired) electrons. The van der Waals surface area contributed by atoms with Crippen molar-refractivity contribution in [3.63, 3.8) is 0 Å². The van der Waals surface area contributed by atoms with Gasteiger partial charge in [0.15, 0.2) is 0 Å². The lowest BCUT2D eigenvalue weighted by atomic mass is 10.0. The van der Waals surface area contributed by atoms with Crippen LogP contribution in [-0.2, 0) is 14.3 Å². The van der Waals surface area contributed by atoms with E-state index in [4.69, 9.17) is 9.47 Å². The molecule has 0 spiro atoms. The predicted molar refractivity (Wildman–Crippen MR) is 72.2 cm³/mol. The van der Waals surface area contributed by atoms with Gasteiger partial charge >= 0.3 is 12.0 Å². The molecule has 2 amide bonds. The summed E-state index contributed by atoms with van der Waals surface area (Å²) in [5.74, 6) is -0.360. The quantitative estimate of drug-likeness (QED) is 0.849. The minimum Gasteiger partial charge on any atom is -0.456 e. The molecular weight excluding hydrogens is 280 g/mol. The van der Waals surface area contributed by atoms with E-state index < -0.39 is 6.04 Å². The zero-order valence-corrected chi connectivity index (χ0v) is 11.7. The number of methoxy groups -OCH3 is 1.